The third kappa shape index (κ3) is 2.91. The van der Waals surface area contributed by atoms with Crippen molar-refractivity contribution in [1.29, 1.82) is 0 Å². The van der Waals surface area contributed by atoms with Gasteiger partial charge in [-0.05, 0) is 57.5 Å². The Bertz CT molecular complexity index is 251. The van der Waals surface area contributed by atoms with E-state index in [-0.39, 0.29) is 0 Å². The van der Waals surface area contributed by atoms with E-state index in [1.807, 2.05) is 0 Å². The number of rotatable bonds is 4. The van der Waals surface area contributed by atoms with E-state index < -0.39 is 0 Å². The molecular weight excluding hydrogens is 220 g/mol. The molecule has 4 atom stereocenters. The Hall–Kier alpha value is -0.0800. The monoisotopic (exact) mass is 252 g/mol. The van der Waals surface area contributed by atoms with Gasteiger partial charge < -0.3 is 5.32 Å². The molecule has 1 N–H and O–H groups in total. The summed E-state index contributed by atoms with van der Waals surface area (Å²) in [5.74, 6) is 1.78. The van der Waals surface area contributed by atoms with Gasteiger partial charge in [0.15, 0.2) is 0 Å². The zero-order valence-electron chi connectivity index (χ0n) is 12.8. The predicted molar refractivity (Wildman–Crippen MR) is 78.8 cm³/mol. The molecule has 2 nitrogen and oxygen atoms in total. The molecule has 0 radical (unpaired) electrons. The van der Waals surface area contributed by atoms with Gasteiger partial charge in [-0.25, -0.2) is 0 Å². The van der Waals surface area contributed by atoms with Crippen LogP contribution >= 0.6 is 0 Å². The fraction of sp³-hybridized carbons (Fsp3) is 1.00. The molecule has 0 aromatic rings. The summed E-state index contributed by atoms with van der Waals surface area (Å²) in [6, 6.07) is 2.36. The van der Waals surface area contributed by atoms with Gasteiger partial charge in [0.05, 0.1) is 0 Å². The van der Waals surface area contributed by atoms with E-state index in [1.54, 1.807) is 0 Å². The summed E-state index contributed by atoms with van der Waals surface area (Å²) in [5, 5.41) is 3.59. The molecule has 4 unspecified atom stereocenters. The molecule has 2 fully saturated rings. The lowest BCUT2D eigenvalue weighted by molar-refractivity contribution is 0.0713. The normalized spacial score (nSPS) is 38.5. The van der Waals surface area contributed by atoms with Crippen molar-refractivity contribution in [3.05, 3.63) is 0 Å². The molecule has 0 bridgehead atoms. The highest BCUT2D eigenvalue weighted by atomic mass is 15.2. The van der Waals surface area contributed by atoms with E-state index in [9.17, 15) is 0 Å². The van der Waals surface area contributed by atoms with Crippen LogP contribution < -0.4 is 5.32 Å². The first-order valence-corrected chi connectivity index (χ1v) is 8.10. The number of likely N-dealkylation sites (tertiary alicyclic amines) is 1. The van der Waals surface area contributed by atoms with Gasteiger partial charge >= 0.3 is 0 Å². The van der Waals surface area contributed by atoms with Crippen molar-refractivity contribution in [1.82, 2.24) is 10.2 Å². The first-order chi connectivity index (χ1) is 8.67. The molecule has 1 aliphatic heterocycles. The van der Waals surface area contributed by atoms with Gasteiger partial charge in [0.1, 0.15) is 0 Å². The molecule has 0 spiro atoms. The summed E-state index contributed by atoms with van der Waals surface area (Å²) in [7, 11) is 2.16. The predicted octanol–water partition coefficient (Wildman–Crippen LogP) is 3.27. The third-order valence-corrected chi connectivity index (χ3v) is 5.41. The summed E-state index contributed by atoms with van der Waals surface area (Å²) < 4.78 is 0. The van der Waals surface area contributed by atoms with Crippen LogP contribution in [0.3, 0.4) is 0 Å². The second-order valence-electron chi connectivity index (χ2n) is 6.74. The highest BCUT2D eigenvalue weighted by Crippen LogP contribution is 2.35. The zero-order valence-corrected chi connectivity index (χ0v) is 12.8. The van der Waals surface area contributed by atoms with E-state index in [4.69, 9.17) is 0 Å². The highest BCUT2D eigenvalue weighted by molar-refractivity contribution is 4.95. The Balaban J connectivity index is 2.07. The first kappa shape index (κ1) is 14.3. The molecule has 1 saturated heterocycles. The van der Waals surface area contributed by atoms with Gasteiger partial charge in [-0.1, -0.05) is 27.2 Å². The van der Waals surface area contributed by atoms with Crippen molar-refractivity contribution < 1.29 is 0 Å². The largest absolute Gasteiger partial charge is 0.315 e. The molecule has 2 heteroatoms. The highest BCUT2D eigenvalue weighted by Gasteiger charge is 2.38. The minimum atomic E-state index is 0.729. The maximum absolute atomic E-state index is 3.59. The third-order valence-electron chi connectivity index (χ3n) is 5.41. The average Bonchev–Trinajstić information content (AvgIpc) is 2.87. The quantitative estimate of drug-likeness (QED) is 0.826. The molecule has 1 heterocycles. The fourth-order valence-electron chi connectivity index (χ4n) is 4.25. The van der Waals surface area contributed by atoms with Crippen molar-refractivity contribution in [3.63, 3.8) is 0 Å². The van der Waals surface area contributed by atoms with E-state index in [2.05, 4.69) is 38.0 Å². The lowest BCUT2D eigenvalue weighted by atomic mass is 9.79. The smallest absolute Gasteiger partial charge is 0.0254 e. The lowest BCUT2D eigenvalue weighted by Gasteiger charge is -2.44. The van der Waals surface area contributed by atoms with Crippen LogP contribution in [0.25, 0.3) is 0 Å². The van der Waals surface area contributed by atoms with E-state index in [0.29, 0.717) is 0 Å². The van der Waals surface area contributed by atoms with E-state index in [1.165, 1.54) is 45.1 Å². The van der Waals surface area contributed by atoms with Crippen molar-refractivity contribution in [2.45, 2.75) is 77.4 Å². The summed E-state index contributed by atoms with van der Waals surface area (Å²) in [6.45, 7) is 8.50. The SMILES string of the molecule is CCC1CCC(NC)C(N2CCCC2C(C)C)C1. The molecule has 2 rings (SSSR count). The van der Waals surface area contributed by atoms with Crippen LogP contribution in [0.1, 0.15) is 59.3 Å². The topological polar surface area (TPSA) is 15.3 Å². The minimum absolute atomic E-state index is 0.729. The Kier molecular flexibility index (Phi) is 5.08. The number of nitrogens with one attached hydrogen (secondary N) is 1. The van der Waals surface area contributed by atoms with Crippen molar-refractivity contribution >= 4 is 0 Å². The Labute approximate surface area is 114 Å². The molecule has 1 aliphatic carbocycles. The minimum Gasteiger partial charge on any atom is -0.315 e. The number of nitrogens with zero attached hydrogens (tertiary/aromatic N) is 1. The van der Waals surface area contributed by atoms with E-state index in [0.717, 1.165) is 30.0 Å². The van der Waals surface area contributed by atoms with Gasteiger partial charge in [-0.2, -0.15) is 0 Å². The molecular formula is C16H32N2. The van der Waals surface area contributed by atoms with Crippen LogP contribution in [0, 0.1) is 11.8 Å². The first-order valence-electron chi connectivity index (χ1n) is 8.10. The van der Waals surface area contributed by atoms with Gasteiger partial charge in [-0.3, -0.25) is 4.90 Å². The number of likely N-dealkylation sites (N-methyl/N-ethyl adjacent to an activating group) is 1. The maximum atomic E-state index is 3.59. The molecule has 1 saturated carbocycles. The van der Waals surface area contributed by atoms with Crippen LogP contribution in [-0.2, 0) is 0 Å². The second kappa shape index (κ2) is 6.38. The van der Waals surface area contributed by atoms with Gasteiger partial charge in [0, 0.05) is 18.1 Å². The van der Waals surface area contributed by atoms with Crippen molar-refractivity contribution in [3.8, 4) is 0 Å². The number of hydrogen-bond donors (Lipinski definition) is 1. The molecule has 106 valence electrons. The van der Waals surface area contributed by atoms with Crippen molar-refractivity contribution in [2.24, 2.45) is 11.8 Å². The Morgan fingerprint density at radius 1 is 1.22 bits per heavy atom. The molecule has 0 aromatic carbocycles. The second-order valence-corrected chi connectivity index (χ2v) is 6.74. The Morgan fingerprint density at radius 3 is 2.61 bits per heavy atom. The van der Waals surface area contributed by atoms with Crippen LogP contribution in [-0.4, -0.2) is 36.6 Å². The van der Waals surface area contributed by atoms with Crippen LogP contribution in [0.15, 0.2) is 0 Å². The summed E-state index contributed by atoms with van der Waals surface area (Å²) in [5.41, 5.74) is 0. The maximum Gasteiger partial charge on any atom is 0.0254 e. The van der Waals surface area contributed by atoms with Gasteiger partial charge in [0.25, 0.3) is 0 Å². The van der Waals surface area contributed by atoms with Crippen LogP contribution in [0.2, 0.25) is 0 Å². The molecule has 18 heavy (non-hydrogen) atoms. The summed E-state index contributed by atoms with van der Waals surface area (Å²) in [6.07, 6.45) is 8.42. The van der Waals surface area contributed by atoms with Gasteiger partial charge in [0.2, 0.25) is 0 Å². The summed E-state index contributed by atoms with van der Waals surface area (Å²) in [4.78, 5) is 2.85. The van der Waals surface area contributed by atoms with Crippen molar-refractivity contribution in [2.75, 3.05) is 13.6 Å². The van der Waals surface area contributed by atoms with E-state index >= 15 is 0 Å². The van der Waals surface area contributed by atoms with Crippen LogP contribution in [0.5, 0.6) is 0 Å². The molecule has 0 aromatic heterocycles. The number of hydrogen-bond acceptors (Lipinski definition) is 2. The fourth-order valence-corrected chi connectivity index (χ4v) is 4.25. The Morgan fingerprint density at radius 2 is 2.00 bits per heavy atom. The lowest BCUT2D eigenvalue weighted by Crippen LogP contribution is -2.54. The van der Waals surface area contributed by atoms with Gasteiger partial charge in [-0.15, -0.1) is 0 Å². The molecule has 2 aliphatic rings. The zero-order chi connectivity index (χ0) is 13.1. The standard InChI is InChI=1S/C16H32N2/c1-5-13-8-9-14(17-4)16(11-13)18-10-6-7-15(18)12(2)3/h12-17H,5-11H2,1-4H3. The van der Waals surface area contributed by atoms with Crippen LogP contribution in [0.4, 0.5) is 0 Å². The average molecular weight is 252 g/mol. The molecule has 0 amide bonds. The summed E-state index contributed by atoms with van der Waals surface area (Å²) >= 11 is 0.